The molecule has 0 spiro atoms. The Labute approximate surface area is 227 Å². The van der Waals surface area contributed by atoms with E-state index in [2.05, 4.69) is 140 Å². The van der Waals surface area contributed by atoms with Gasteiger partial charge in [-0.15, -0.1) is 0 Å². The zero-order chi connectivity index (χ0) is 26.1. The molecule has 186 valence electrons. The fourth-order valence-corrected chi connectivity index (χ4v) is 6.41. The van der Waals surface area contributed by atoms with E-state index in [9.17, 15) is 0 Å². The molecule has 0 aliphatic heterocycles. The van der Waals surface area contributed by atoms with Gasteiger partial charge in [0.1, 0.15) is 5.58 Å². The molecule has 1 heterocycles. The molecular formula is C37H27NO. The van der Waals surface area contributed by atoms with Crippen molar-refractivity contribution in [1.82, 2.24) is 0 Å². The Morgan fingerprint density at radius 3 is 2.15 bits per heavy atom. The Hall–Kier alpha value is -4.82. The summed E-state index contributed by atoms with van der Waals surface area (Å²) in [4.78, 5) is 0. The second-order valence-corrected chi connectivity index (χ2v) is 11.1. The van der Waals surface area contributed by atoms with E-state index in [1.807, 2.05) is 0 Å². The van der Waals surface area contributed by atoms with Crippen LogP contribution in [0.2, 0.25) is 0 Å². The molecule has 39 heavy (non-hydrogen) atoms. The van der Waals surface area contributed by atoms with Gasteiger partial charge in [0.05, 0.1) is 5.69 Å². The minimum atomic E-state index is 0.0000230. The van der Waals surface area contributed by atoms with Gasteiger partial charge in [0.15, 0.2) is 5.58 Å². The van der Waals surface area contributed by atoms with Gasteiger partial charge in [-0.2, -0.15) is 0 Å². The summed E-state index contributed by atoms with van der Waals surface area (Å²) in [6.45, 7) is 4.66. The van der Waals surface area contributed by atoms with E-state index in [4.69, 9.17) is 4.42 Å². The zero-order valence-electron chi connectivity index (χ0n) is 22.0. The average Bonchev–Trinajstić information content (AvgIpc) is 3.47. The van der Waals surface area contributed by atoms with Gasteiger partial charge in [-0.3, -0.25) is 0 Å². The van der Waals surface area contributed by atoms with Crippen molar-refractivity contribution >= 4 is 44.1 Å². The topological polar surface area (TPSA) is 25.2 Å². The van der Waals surface area contributed by atoms with Crippen molar-refractivity contribution in [3.8, 4) is 22.3 Å². The first-order valence-electron chi connectivity index (χ1n) is 13.5. The van der Waals surface area contributed by atoms with Gasteiger partial charge in [0, 0.05) is 27.3 Å². The number of hydrogen-bond acceptors (Lipinski definition) is 2. The first kappa shape index (κ1) is 22.2. The van der Waals surface area contributed by atoms with Gasteiger partial charge in [-0.1, -0.05) is 105 Å². The van der Waals surface area contributed by atoms with Gasteiger partial charge < -0.3 is 9.73 Å². The molecule has 2 heteroatoms. The Morgan fingerprint density at radius 1 is 0.538 bits per heavy atom. The van der Waals surface area contributed by atoms with Crippen molar-refractivity contribution in [2.24, 2.45) is 0 Å². The lowest BCUT2D eigenvalue weighted by Crippen LogP contribution is -2.14. The van der Waals surface area contributed by atoms with Crippen molar-refractivity contribution < 1.29 is 4.42 Å². The van der Waals surface area contributed by atoms with Gasteiger partial charge in [0.25, 0.3) is 0 Å². The van der Waals surface area contributed by atoms with E-state index in [1.54, 1.807) is 0 Å². The number of benzene rings is 6. The minimum Gasteiger partial charge on any atom is -0.453 e. The summed E-state index contributed by atoms with van der Waals surface area (Å²) in [7, 11) is 0. The van der Waals surface area contributed by atoms with Crippen LogP contribution in [0.1, 0.15) is 25.0 Å². The summed E-state index contributed by atoms with van der Waals surface area (Å²) in [6, 6.07) is 43.4. The fourth-order valence-electron chi connectivity index (χ4n) is 6.41. The highest BCUT2D eigenvalue weighted by Gasteiger charge is 2.35. The molecule has 0 fully saturated rings. The van der Waals surface area contributed by atoms with Crippen LogP contribution in [0.5, 0.6) is 0 Å². The molecule has 0 saturated carbocycles. The van der Waals surface area contributed by atoms with Gasteiger partial charge in [-0.05, 0) is 69.1 Å². The van der Waals surface area contributed by atoms with Crippen molar-refractivity contribution in [3.05, 3.63) is 132 Å². The van der Waals surface area contributed by atoms with E-state index < -0.39 is 0 Å². The number of fused-ring (bicyclic) bond motifs is 8. The van der Waals surface area contributed by atoms with Crippen LogP contribution in [-0.2, 0) is 5.41 Å². The largest absolute Gasteiger partial charge is 0.453 e. The molecule has 1 N–H and O–H groups in total. The van der Waals surface area contributed by atoms with Crippen LogP contribution in [0.4, 0.5) is 11.4 Å². The Bertz CT molecular complexity index is 2060. The number of anilines is 2. The predicted octanol–water partition coefficient (Wildman–Crippen LogP) is 10.5. The lowest BCUT2D eigenvalue weighted by molar-refractivity contribution is 0.660. The van der Waals surface area contributed by atoms with Crippen LogP contribution < -0.4 is 5.32 Å². The van der Waals surface area contributed by atoms with Crippen LogP contribution in [-0.4, -0.2) is 0 Å². The summed E-state index contributed by atoms with van der Waals surface area (Å²) >= 11 is 0. The van der Waals surface area contributed by atoms with Crippen LogP contribution in [0, 0.1) is 0 Å². The number of rotatable bonds is 3. The quantitative estimate of drug-likeness (QED) is 0.260. The van der Waals surface area contributed by atoms with Gasteiger partial charge in [-0.25, -0.2) is 0 Å². The maximum absolute atomic E-state index is 6.49. The highest BCUT2D eigenvalue weighted by atomic mass is 16.3. The second kappa shape index (κ2) is 8.09. The van der Waals surface area contributed by atoms with Crippen LogP contribution >= 0.6 is 0 Å². The third kappa shape index (κ3) is 3.28. The van der Waals surface area contributed by atoms with E-state index in [-0.39, 0.29) is 5.41 Å². The molecule has 1 aliphatic carbocycles. The van der Waals surface area contributed by atoms with Crippen molar-refractivity contribution in [3.63, 3.8) is 0 Å². The molecule has 0 atom stereocenters. The number of hydrogen-bond donors (Lipinski definition) is 1. The normalized spacial score (nSPS) is 13.6. The van der Waals surface area contributed by atoms with Gasteiger partial charge >= 0.3 is 0 Å². The van der Waals surface area contributed by atoms with Crippen molar-refractivity contribution in [2.75, 3.05) is 5.32 Å². The van der Waals surface area contributed by atoms with Crippen LogP contribution in [0.25, 0.3) is 55.0 Å². The smallest absolute Gasteiger partial charge is 0.158 e. The Kier molecular flexibility index (Phi) is 4.60. The number of para-hydroxylation sites is 1. The summed E-state index contributed by atoms with van der Waals surface area (Å²) in [5, 5.41) is 8.20. The summed E-state index contributed by atoms with van der Waals surface area (Å²) in [5.41, 5.74) is 11.8. The molecule has 0 saturated heterocycles. The molecule has 8 rings (SSSR count). The Morgan fingerprint density at radius 2 is 1.26 bits per heavy atom. The highest BCUT2D eigenvalue weighted by molar-refractivity contribution is 6.17. The third-order valence-electron chi connectivity index (χ3n) is 8.47. The summed E-state index contributed by atoms with van der Waals surface area (Å²) < 4.78 is 6.49. The lowest BCUT2D eigenvalue weighted by atomic mass is 9.81. The van der Waals surface area contributed by atoms with Gasteiger partial charge in [0.2, 0.25) is 0 Å². The molecule has 0 radical (unpaired) electrons. The zero-order valence-corrected chi connectivity index (χ0v) is 22.0. The number of furan rings is 1. The monoisotopic (exact) mass is 501 g/mol. The molecule has 1 aliphatic rings. The van der Waals surface area contributed by atoms with E-state index in [1.165, 1.54) is 38.8 Å². The minimum absolute atomic E-state index is 0.0000230. The van der Waals surface area contributed by atoms with E-state index in [0.29, 0.717) is 0 Å². The molecule has 7 aromatic rings. The predicted molar refractivity (Wildman–Crippen MR) is 164 cm³/mol. The van der Waals surface area contributed by atoms with E-state index in [0.717, 1.165) is 38.7 Å². The van der Waals surface area contributed by atoms with Crippen molar-refractivity contribution in [2.45, 2.75) is 19.3 Å². The van der Waals surface area contributed by atoms with Crippen LogP contribution in [0.3, 0.4) is 0 Å². The molecule has 6 aromatic carbocycles. The first-order valence-corrected chi connectivity index (χ1v) is 13.5. The standard InChI is InChI=1S/C37H27NO/c1-37(2)32-12-6-5-10-28(32)29-20-17-25(22-33(29)37)23-14-18-26(19-15-23)38-34-13-7-11-30-31-21-16-24-8-3-4-9-27(24)35(31)39-36(30)34/h3-22,38H,1-2H3. The number of nitrogens with one attached hydrogen (secondary N) is 1. The van der Waals surface area contributed by atoms with E-state index >= 15 is 0 Å². The molecular weight excluding hydrogens is 474 g/mol. The maximum Gasteiger partial charge on any atom is 0.158 e. The molecule has 0 bridgehead atoms. The lowest BCUT2D eigenvalue weighted by Gasteiger charge is -2.22. The van der Waals surface area contributed by atoms with Crippen molar-refractivity contribution in [1.29, 1.82) is 0 Å². The average molecular weight is 502 g/mol. The summed E-state index contributed by atoms with van der Waals surface area (Å²) in [6.07, 6.45) is 0. The highest BCUT2D eigenvalue weighted by Crippen LogP contribution is 2.49. The maximum atomic E-state index is 6.49. The molecule has 0 unspecified atom stereocenters. The molecule has 2 nitrogen and oxygen atoms in total. The molecule has 0 amide bonds. The second-order valence-electron chi connectivity index (χ2n) is 11.1. The Balaban J connectivity index is 1.14. The fraction of sp³-hybridized carbons (Fsp3) is 0.0811. The SMILES string of the molecule is CC1(C)c2ccccc2-c2ccc(-c3ccc(Nc4cccc5c4oc4c6ccccc6ccc54)cc3)cc21. The first-order chi connectivity index (χ1) is 19.1. The third-order valence-corrected chi connectivity index (χ3v) is 8.47. The molecule has 1 aromatic heterocycles. The van der Waals surface area contributed by atoms with Crippen LogP contribution in [0.15, 0.2) is 126 Å². The summed E-state index contributed by atoms with van der Waals surface area (Å²) in [5.74, 6) is 0.